The summed E-state index contributed by atoms with van der Waals surface area (Å²) in [5.74, 6) is 0.350. The maximum absolute atomic E-state index is 14.6. The average Bonchev–Trinajstić information content (AvgIpc) is 4.22. The lowest BCUT2D eigenvalue weighted by Crippen LogP contribution is -2.50. The smallest absolute Gasteiger partial charge is 0.245 e. The summed E-state index contributed by atoms with van der Waals surface area (Å²) in [4.78, 5) is 51.1. The average molecular weight is 896 g/mol. The maximum Gasteiger partial charge on any atom is 0.245 e. The van der Waals surface area contributed by atoms with E-state index in [0.717, 1.165) is 117 Å². The fourth-order valence-corrected chi connectivity index (χ4v) is 11.4. The molecule has 0 radical (unpaired) electrons. The first-order valence-electron chi connectivity index (χ1n) is 24.6. The highest BCUT2D eigenvalue weighted by Gasteiger charge is 2.42. The molecule has 67 heavy (non-hydrogen) atoms. The van der Waals surface area contributed by atoms with Gasteiger partial charge in [0.15, 0.2) is 0 Å². The molecule has 5 aromatic carbocycles. The van der Waals surface area contributed by atoms with Gasteiger partial charge in [-0.1, -0.05) is 103 Å². The molecule has 4 atom stereocenters. The van der Waals surface area contributed by atoms with Crippen LogP contribution in [0.2, 0.25) is 0 Å². The Labute approximate surface area is 394 Å². The number of aliphatic imine (C=N–C) groups is 2. The number of benzene rings is 5. The number of para-hydroxylation sites is 1. The molecule has 0 unspecified atom stereocenters. The molecule has 11 nitrogen and oxygen atoms in total. The highest BCUT2D eigenvalue weighted by Crippen LogP contribution is 2.38. The van der Waals surface area contributed by atoms with E-state index in [4.69, 9.17) is 19.5 Å². The van der Waals surface area contributed by atoms with E-state index in [9.17, 15) is 9.59 Å². The molecule has 0 aliphatic carbocycles. The molecule has 0 saturated carbocycles. The number of carbonyl (C=O) groups is 2. The maximum atomic E-state index is 14.6. The second-order valence-corrected chi connectivity index (χ2v) is 19.0. The molecule has 0 bridgehead atoms. The van der Waals surface area contributed by atoms with Gasteiger partial charge in [-0.2, -0.15) is 0 Å². The van der Waals surface area contributed by atoms with Gasteiger partial charge >= 0.3 is 0 Å². The van der Waals surface area contributed by atoms with Crippen LogP contribution in [0.4, 0.5) is 17.1 Å². The topological polar surface area (TPSA) is 93.5 Å². The molecule has 4 fully saturated rings. The van der Waals surface area contributed by atoms with Crippen LogP contribution in [0, 0.1) is 0 Å². The number of rotatable bonds is 13. The summed E-state index contributed by atoms with van der Waals surface area (Å²) in [6.07, 6.45) is 5.37. The second kappa shape index (κ2) is 19.7. The number of hydrogen-bond donors (Lipinski definition) is 0. The van der Waals surface area contributed by atoms with Gasteiger partial charge in [0.05, 0.1) is 49.9 Å². The lowest BCUT2D eigenvalue weighted by molar-refractivity contribution is -0.139. The van der Waals surface area contributed by atoms with Gasteiger partial charge in [0, 0.05) is 82.3 Å². The number of nitrogens with zero attached hydrogens (tertiary/aromatic N) is 7. The Balaban J connectivity index is 0.799. The summed E-state index contributed by atoms with van der Waals surface area (Å²) < 4.78 is 11.4. The Hall–Kier alpha value is -5.98. The van der Waals surface area contributed by atoms with Crippen molar-refractivity contribution in [3.8, 4) is 0 Å². The van der Waals surface area contributed by atoms with Gasteiger partial charge < -0.3 is 24.2 Å². The van der Waals surface area contributed by atoms with Crippen LogP contribution in [0.15, 0.2) is 137 Å². The highest BCUT2D eigenvalue weighted by atomic mass is 16.5. The van der Waals surface area contributed by atoms with E-state index in [-0.39, 0.29) is 36.0 Å². The lowest BCUT2D eigenvalue weighted by atomic mass is 9.99. The van der Waals surface area contributed by atoms with Crippen LogP contribution in [-0.4, -0.2) is 121 Å². The SMILES string of the molecule is O=C([C@@H](c1ccccc1)N1CCOCC1)N1CCC[C@H]1C1=Nc2cc(CN(Cc3ccc4c(c3)N=C([C@@H]3CCCN3C(=O)[C@@H](c3ccccc3)N3CCOCC3)C4)c3ccccc3)ccc2C1. The van der Waals surface area contributed by atoms with Crippen LogP contribution >= 0.6 is 0 Å². The van der Waals surface area contributed by atoms with Gasteiger partial charge in [0.25, 0.3) is 0 Å². The first kappa shape index (κ1) is 43.6. The van der Waals surface area contributed by atoms with Crippen molar-refractivity contribution in [3.63, 3.8) is 0 Å². The minimum atomic E-state index is -0.322. The molecule has 344 valence electrons. The van der Waals surface area contributed by atoms with Crippen LogP contribution in [-0.2, 0) is 45.0 Å². The van der Waals surface area contributed by atoms with Crippen LogP contribution in [0.3, 0.4) is 0 Å². The minimum Gasteiger partial charge on any atom is -0.379 e. The third-order valence-electron chi connectivity index (χ3n) is 14.8. The van der Waals surface area contributed by atoms with Gasteiger partial charge in [-0.15, -0.1) is 0 Å². The summed E-state index contributed by atoms with van der Waals surface area (Å²) in [5, 5.41) is 0. The highest BCUT2D eigenvalue weighted by molar-refractivity contribution is 6.02. The number of morpholine rings is 2. The third kappa shape index (κ3) is 9.22. The number of fused-ring (bicyclic) bond motifs is 2. The Morgan fingerprint density at radius 2 is 0.955 bits per heavy atom. The van der Waals surface area contributed by atoms with Gasteiger partial charge in [-0.25, -0.2) is 0 Å². The molecule has 0 aromatic heterocycles. The lowest BCUT2D eigenvalue weighted by Gasteiger charge is -2.37. The Bertz CT molecular complexity index is 2450. The molecule has 11 rings (SSSR count). The fraction of sp³-hybridized carbons (Fsp3) is 0.393. The predicted molar refractivity (Wildman–Crippen MR) is 263 cm³/mol. The normalized spacial score (nSPS) is 21.7. The molecule has 4 saturated heterocycles. The van der Waals surface area contributed by atoms with Crippen molar-refractivity contribution in [1.29, 1.82) is 0 Å². The van der Waals surface area contributed by atoms with Crippen LogP contribution in [0.5, 0.6) is 0 Å². The molecule has 6 heterocycles. The standard InChI is InChI=1S/C56H61N7O4/c64-55(53(42-12-4-1-5-13-42)59-26-30-66-31-27-59)62-24-10-18-51(62)49-36-44-22-20-40(34-47(44)57-49)38-61(46-16-8-3-9-17-46)39-41-21-23-45-37-50(58-48(45)35-41)52-19-11-25-63(52)56(65)54(43-14-6-2-7-15-43)60-28-32-67-33-29-60/h1-9,12-17,20-23,34-35,51-54H,10-11,18-19,24-33,36-39H2/t51-,52-,53+,54+/m0/s1. The minimum absolute atomic E-state index is 0.00191. The number of anilines is 1. The second-order valence-electron chi connectivity index (χ2n) is 19.0. The van der Waals surface area contributed by atoms with E-state index in [1.807, 2.05) is 36.4 Å². The van der Waals surface area contributed by atoms with E-state index >= 15 is 0 Å². The van der Waals surface area contributed by atoms with Crippen molar-refractivity contribution in [2.24, 2.45) is 9.98 Å². The number of amides is 2. The third-order valence-corrected chi connectivity index (χ3v) is 14.8. The van der Waals surface area contributed by atoms with Crippen LogP contribution in [0.1, 0.15) is 71.1 Å². The van der Waals surface area contributed by atoms with Crippen LogP contribution in [0.25, 0.3) is 0 Å². The molecular weight excluding hydrogens is 835 g/mol. The van der Waals surface area contributed by atoms with Crippen molar-refractivity contribution >= 4 is 40.3 Å². The van der Waals surface area contributed by atoms with Crippen molar-refractivity contribution in [2.75, 3.05) is 70.6 Å². The molecule has 6 aliphatic heterocycles. The summed E-state index contributed by atoms with van der Waals surface area (Å²) >= 11 is 0. The largest absolute Gasteiger partial charge is 0.379 e. The van der Waals surface area contributed by atoms with Crippen molar-refractivity contribution < 1.29 is 19.1 Å². The summed E-state index contributed by atoms with van der Waals surface area (Å²) in [5.41, 5.74) is 12.3. The Morgan fingerprint density at radius 1 is 0.537 bits per heavy atom. The zero-order valence-electron chi connectivity index (χ0n) is 38.4. The number of carbonyl (C=O) groups excluding carboxylic acids is 2. The Morgan fingerprint density at radius 3 is 1.39 bits per heavy atom. The van der Waals surface area contributed by atoms with Gasteiger partial charge in [-0.3, -0.25) is 29.4 Å². The molecule has 6 aliphatic rings. The predicted octanol–water partition coefficient (Wildman–Crippen LogP) is 8.28. The molecule has 5 aromatic rings. The van der Waals surface area contributed by atoms with Crippen LogP contribution < -0.4 is 4.90 Å². The zero-order chi connectivity index (χ0) is 45.1. The van der Waals surface area contributed by atoms with E-state index in [2.05, 4.69) is 115 Å². The summed E-state index contributed by atoms with van der Waals surface area (Å²) in [6, 6.07) is 44.0. The van der Waals surface area contributed by atoms with Crippen molar-refractivity contribution in [2.45, 2.75) is 75.8 Å². The molecule has 2 amide bonds. The fourth-order valence-electron chi connectivity index (χ4n) is 11.4. The van der Waals surface area contributed by atoms with Crippen molar-refractivity contribution in [3.05, 3.63) is 161 Å². The monoisotopic (exact) mass is 895 g/mol. The zero-order valence-corrected chi connectivity index (χ0v) is 38.4. The molecule has 0 N–H and O–H groups in total. The van der Waals surface area contributed by atoms with Gasteiger partial charge in [0.1, 0.15) is 12.1 Å². The van der Waals surface area contributed by atoms with E-state index in [1.165, 1.54) is 22.3 Å². The Kier molecular flexibility index (Phi) is 12.8. The van der Waals surface area contributed by atoms with Crippen molar-refractivity contribution in [1.82, 2.24) is 19.6 Å². The number of ether oxygens (including phenoxy) is 2. The van der Waals surface area contributed by atoms with E-state index < -0.39 is 0 Å². The molecule has 0 spiro atoms. The van der Waals surface area contributed by atoms with Gasteiger partial charge in [-0.05, 0) is 83.3 Å². The van der Waals surface area contributed by atoms with E-state index in [0.29, 0.717) is 39.5 Å². The summed E-state index contributed by atoms with van der Waals surface area (Å²) in [7, 11) is 0. The molecule has 11 heteroatoms. The first-order chi connectivity index (χ1) is 33.0. The molecular formula is C56H61N7O4. The first-order valence-corrected chi connectivity index (χ1v) is 24.6. The van der Waals surface area contributed by atoms with E-state index in [1.54, 1.807) is 0 Å². The summed E-state index contributed by atoms with van der Waals surface area (Å²) in [6.45, 7) is 8.49. The quantitative estimate of drug-likeness (QED) is 0.118. The van der Waals surface area contributed by atoms with Gasteiger partial charge in [0.2, 0.25) is 11.8 Å². The number of likely N-dealkylation sites (tertiary alicyclic amines) is 2. The number of hydrogen-bond acceptors (Lipinski definition) is 9.